The first-order valence-corrected chi connectivity index (χ1v) is 3.98. The minimum Gasteiger partial charge on any atom is -0.326 e. The summed E-state index contributed by atoms with van der Waals surface area (Å²) in [6.45, 7) is 8.33. The topological polar surface area (TPSA) is 26.0 Å². The molecule has 0 atom stereocenters. The Bertz CT molecular complexity index is 74.1. The molecule has 9 heavy (non-hydrogen) atoms. The van der Waals surface area contributed by atoms with Gasteiger partial charge in [-0.1, -0.05) is 15.9 Å². The first-order valence-electron chi connectivity index (χ1n) is 3.18. The van der Waals surface area contributed by atoms with Gasteiger partial charge in [0.05, 0.1) is 0 Å². The van der Waals surface area contributed by atoms with Crippen LogP contribution in [0, 0.1) is 0 Å². The summed E-state index contributed by atoms with van der Waals surface area (Å²) in [6.07, 6.45) is 0.986. The van der Waals surface area contributed by atoms with Crippen LogP contribution in [0.5, 0.6) is 0 Å². The summed E-state index contributed by atoms with van der Waals surface area (Å²) in [5.74, 6) is 0. The van der Waals surface area contributed by atoms with Gasteiger partial charge in [-0.2, -0.15) is 0 Å². The highest BCUT2D eigenvalue weighted by atomic mass is 79.9. The number of halogens is 1. The van der Waals surface area contributed by atoms with Crippen LogP contribution in [0.3, 0.4) is 0 Å². The van der Waals surface area contributed by atoms with E-state index in [1.807, 2.05) is 13.8 Å². The third-order valence-electron chi connectivity index (χ3n) is 0.876. The molecule has 0 aliphatic rings. The summed E-state index contributed by atoms with van der Waals surface area (Å²) in [4.78, 5) is 0. The number of hydrogen-bond acceptors (Lipinski definition) is 1. The van der Waals surface area contributed by atoms with E-state index >= 15 is 0 Å². The lowest BCUT2D eigenvalue weighted by Gasteiger charge is -2.26. The van der Waals surface area contributed by atoms with Crippen molar-refractivity contribution in [3.63, 3.8) is 0 Å². The van der Waals surface area contributed by atoms with Gasteiger partial charge in [-0.3, -0.25) is 0 Å². The molecule has 0 saturated carbocycles. The van der Waals surface area contributed by atoms with Crippen LogP contribution in [0.1, 0.15) is 34.1 Å². The molecule has 2 N–H and O–H groups in total. The van der Waals surface area contributed by atoms with Crippen LogP contribution in [0.2, 0.25) is 0 Å². The normalized spacial score (nSPS) is 14.0. The maximum absolute atomic E-state index is 5.79. The zero-order valence-corrected chi connectivity index (χ0v) is 8.25. The van der Waals surface area contributed by atoms with Gasteiger partial charge in [0.25, 0.3) is 0 Å². The van der Waals surface area contributed by atoms with E-state index in [1.54, 1.807) is 0 Å². The van der Waals surface area contributed by atoms with Crippen LogP contribution >= 0.6 is 15.9 Å². The fraction of sp³-hybridized carbons (Fsp3) is 1.00. The molecule has 0 radical (unpaired) electrons. The molecule has 56 valence electrons. The van der Waals surface area contributed by atoms with Gasteiger partial charge in [-0.05, 0) is 34.1 Å². The maximum atomic E-state index is 5.79. The van der Waals surface area contributed by atoms with Crippen molar-refractivity contribution in [1.82, 2.24) is 0 Å². The van der Waals surface area contributed by atoms with Gasteiger partial charge in [0.15, 0.2) is 0 Å². The molecular formula is C7H16BrN. The number of hydrogen-bond donors (Lipinski definition) is 1. The molecule has 0 aromatic heterocycles. The highest BCUT2D eigenvalue weighted by Gasteiger charge is 2.22. The van der Waals surface area contributed by atoms with Gasteiger partial charge >= 0.3 is 0 Å². The van der Waals surface area contributed by atoms with Gasteiger partial charge < -0.3 is 5.73 Å². The molecule has 1 nitrogen and oxygen atoms in total. The summed E-state index contributed by atoms with van der Waals surface area (Å²) < 4.78 is 0.172. The molecule has 0 aromatic rings. The zero-order chi connectivity index (χ0) is 7.71. The SMILES string of the molecule is CC(C)(N)CC(C)(C)Br. The monoisotopic (exact) mass is 193 g/mol. The van der Waals surface area contributed by atoms with E-state index in [0.717, 1.165) is 6.42 Å². The van der Waals surface area contributed by atoms with E-state index in [9.17, 15) is 0 Å². The van der Waals surface area contributed by atoms with Crippen LogP contribution in [-0.4, -0.2) is 9.86 Å². The van der Waals surface area contributed by atoms with Crippen molar-refractivity contribution in [2.75, 3.05) is 0 Å². The quantitative estimate of drug-likeness (QED) is 0.670. The van der Waals surface area contributed by atoms with Crippen molar-refractivity contribution in [2.45, 2.75) is 44.0 Å². The van der Waals surface area contributed by atoms with Crippen molar-refractivity contribution in [3.05, 3.63) is 0 Å². The summed E-state index contributed by atoms with van der Waals surface area (Å²) in [7, 11) is 0. The van der Waals surface area contributed by atoms with Crippen LogP contribution in [0.25, 0.3) is 0 Å². The van der Waals surface area contributed by atoms with Crippen molar-refractivity contribution >= 4 is 15.9 Å². The van der Waals surface area contributed by atoms with E-state index in [1.165, 1.54) is 0 Å². The molecule has 0 unspecified atom stereocenters. The first kappa shape index (κ1) is 9.44. The predicted molar refractivity (Wildman–Crippen MR) is 45.9 cm³/mol. The fourth-order valence-corrected chi connectivity index (χ4v) is 1.81. The Hall–Kier alpha value is 0.440. The number of nitrogens with two attached hydrogens (primary N) is 1. The van der Waals surface area contributed by atoms with Gasteiger partial charge in [0.1, 0.15) is 0 Å². The Morgan fingerprint density at radius 2 is 1.56 bits per heavy atom. The van der Waals surface area contributed by atoms with Crippen LogP contribution in [-0.2, 0) is 0 Å². The largest absolute Gasteiger partial charge is 0.326 e. The van der Waals surface area contributed by atoms with Crippen LogP contribution in [0.4, 0.5) is 0 Å². The lowest BCUT2D eigenvalue weighted by molar-refractivity contribution is 0.429. The van der Waals surface area contributed by atoms with E-state index in [-0.39, 0.29) is 9.86 Å². The molecule has 0 aliphatic heterocycles. The van der Waals surface area contributed by atoms with E-state index in [0.29, 0.717) is 0 Å². The van der Waals surface area contributed by atoms with Crippen molar-refractivity contribution < 1.29 is 0 Å². The first-order chi connectivity index (χ1) is 3.71. The standard InChI is InChI=1S/C7H16BrN/c1-6(2,8)5-7(3,4)9/h5,9H2,1-4H3. The van der Waals surface area contributed by atoms with E-state index < -0.39 is 0 Å². The predicted octanol–water partition coefficient (Wildman–Crippen LogP) is 2.29. The average Bonchev–Trinajstić information content (AvgIpc) is 1.14. The molecule has 0 amide bonds. The van der Waals surface area contributed by atoms with E-state index in [4.69, 9.17) is 5.73 Å². The van der Waals surface area contributed by atoms with Gasteiger partial charge in [0.2, 0.25) is 0 Å². The second-order valence-electron chi connectivity index (χ2n) is 3.88. The van der Waals surface area contributed by atoms with Crippen molar-refractivity contribution in [3.8, 4) is 0 Å². The fourth-order valence-electron chi connectivity index (χ4n) is 1.08. The van der Waals surface area contributed by atoms with Crippen molar-refractivity contribution in [1.29, 1.82) is 0 Å². The Morgan fingerprint density at radius 1 is 1.22 bits per heavy atom. The Balaban J connectivity index is 3.75. The molecule has 0 aromatic carbocycles. The third-order valence-corrected chi connectivity index (χ3v) is 1.16. The van der Waals surface area contributed by atoms with E-state index in [2.05, 4.69) is 29.8 Å². The molecule has 0 spiro atoms. The smallest absolute Gasteiger partial charge is 0.0218 e. The van der Waals surface area contributed by atoms with Crippen molar-refractivity contribution in [2.24, 2.45) is 5.73 Å². The van der Waals surface area contributed by atoms with Crippen LogP contribution in [0.15, 0.2) is 0 Å². The Labute approximate surface area is 66.1 Å². The summed E-state index contributed by atoms with van der Waals surface area (Å²) in [5.41, 5.74) is 5.73. The molecule has 0 saturated heterocycles. The number of rotatable bonds is 2. The average molecular weight is 194 g/mol. The number of alkyl halides is 1. The minimum absolute atomic E-state index is 0.0625. The Morgan fingerprint density at radius 3 is 1.56 bits per heavy atom. The highest BCUT2D eigenvalue weighted by molar-refractivity contribution is 9.10. The molecule has 0 rings (SSSR count). The second-order valence-corrected chi connectivity index (χ2v) is 6.03. The maximum Gasteiger partial charge on any atom is 0.0218 e. The summed E-state index contributed by atoms with van der Waals surface area (Å²) >= 11 is 3.53. The van der Waals surface area contributed by atoms with Crippen LogP contribution < -0.4 is 5.73 Å². The lowest BCUT2D eigenvalue weighted by Crippen LogP contribution is -2.37. The molecule has 0 heterocycles. The van der Waals surface area contributed by atoms with Gasteiger partial charge in [-0.15, -0.1) is 0 Å². The molecule has 0 fully saturated rings. The summed E-state index contributed by atoms with van der Waals surface area (Å²) in [6, 6.07) is 0. The Kier molecular flexibility index (Phi) is 2.71. The molecular weight excluding hydrogens is 178 g/mol. The minimum atomic E-state index is -0.0625. The second kappa shape index (κ2) is 2.59. The summed E-state index contributed by atoms with van der Waals surface area (Å²) in [5, 5.41) is 0. The zero-order valence-electron chi connectivity index (χ0n) is 6.66. The lowest BCUT2D eigenvalue weighted by atomic mass is 9.94. The third kappa shape index (κ3) is 8.44. The molecule has 0 bridgehead atoms. The highest BCUT2D eigenvalue weighted by Crippen LogP contribution is 2.25. The molecule has 0 aliphatic carbocycles. The molecule has 2 heteroatoms. The van der Waals surface area contributed by atoms with Gasteiger partial charge in [-0.25, -0.2) is 0 Å². The van der Waals surface area contributed by atoms with Gasteiger partial charge in [0, 0.05) is 9.86 Å².